The zero-order valence-corrected chi connectivity index (χ0v) is 16.0. The maximum atomic E-state index is 13.6. The minimum Gasteiger partial charge on any atom is -0.482 e. The number of aromatic nitrogens is 2. The zero-order valence-electron chi connectivity index (χ0n) is 16.0. The van der Waals surface area contributed by atoms with Crippen molar-refractivity contribution in [3.8, 4) is 11.5 Å². The third-order valence-corrected chi connectivity index (χ3v) is 4.94. The fourth-order valence-corrected chi connectivity index (χ4v) is 3.47. The molecule has 1 amide bonds. The van der Waals surface area contributed by atoms with Crippen LogP contribution in [0.4, 0.5) is 8.78 Å². The van der Waals surface area contributed by atoms with Crippen molar-refractivity contribution in [3.05, 3.63) is 54.4 Å². The fraction of sp³-hybridized carbons (Fsp3) is 0.333. The van der Waals surface area contributed by atoms with E-state index in [1.807, 2.05) is 6.07 Å². The Morgan fingerprint density at radius 1 is 1.14 bits per heavy atom. The van der Waals surface area contributed by atoms with Crippen LogP contribution in [0.5, 0.6) is 11.5 Å². The van der Waals surface area contributed by atoms with Crippen LogP contribution in [-0.4, -0.2) is 34.2 Å². The lowest BCUT2D eigenvalue weighted by Crippen LogP contribution is -2.49. The summed E-state index contributed by atoms with van der Waals surface area (Å²) in [6.07, 6.45) is -1.31. The van der Waals surface area contributed by atoms with E-state index < -0.39 is 24.7 Å². The number of halogens is 2. The average molecular weight is 401 g/mol. The molecular weight excluding hydrogens is 380 g/mol. The third-order valence-electron chi connectivity index (χ3n) is 4.94. The number of alkyl halides is 2. The second kappa shape index (κ2) is 7.69. The van der Waals surface area contributed by atoms with Gasteiger partial charge in [-0.3, -0.25) is 9.36 Å². The Balaban J connectivity index is 1.47. The first-order valence-electron chi connectivity index (χ1n) is 9.40. The van der Waals surface area contributed by atoms with E-state index in [0.717, 1.165) is 4.57 Å². The topological polar surface area (TPSA) is 65.4 Å². The number of rotatable bonds is 5. The van der Waals surface area contributed by atoms with Gasteiger partial charge in [-0.1, -0.05) is 31.2 Å². The summed E-state index contributed by atoms with van der Waals surface area (Å²) in [7, 11) is 0. The predicted octanol–water partition coefficient (Wildman–Crippen LogP) is 3.88. The van der Waals surface area contributed by atoms with Crippen LogP contribution < -0.4 is 14.8 Å². The van der Waals surface area contributed by atoms with Crippen LogP contribution in [0.15, 0.2) is 48.5 Å². The van der Waals surface area contributed by atoms with Crippen molar-refractivity contribution >= 4 is 16.9 Å². The number of para-hydroxylation sites is 4. The highest BCUT2D eigenvalue weighted by atomic mass is 19.3. The van der Waals surface area contributed by atoms with Crippen LogP contribution in [0.25, 0.3) is 11.0 Å². The molecule has 1 aliphatic rings. The largest absolute Gasteiger partial charge is 0.482 e. The van der Waals surface area contributed by atoms with Gasteiger partial charge in [0.25, 0.3) is 5.91 Å². The highest BCUT2D eigenvalue weighted by molar-refractivity contribution is 5.82. The van der Waals surface area contributed by atoms with E-state index in [1.54, 1.807) is 56.3 Å². The van der Waals surface area contributed by atoms with Crippen molar-refractivity contribution in [2.75, 3.05) is 6.54 Å². The highest BCUT2D eigenvalue weighted by Crippen LogP contribution is 2.33. The monoisotopic (exact) mass is 401 g/mol. The van der Waals surface area contributed by atoms with E-state index in [-0.39, 0.29) is 18.3 Å². The second-order valence-corrected chi connectivity index (χ2v) is 7.06. The van der Waals surface area contributed by atoms with E-state index in [2.05, 4.69) is 10.3 Å². The Hall–Kier alpha value is -3.16. The Bertz CT molecular complexity index is 1040. The summed E-state index contributed by atoms with van der Waals surface area (Å²) >= 11 is 0. The Morgan fingerprint density at radius 2 is 1.79 bits per heavy atom. The number of carbonyl (C=O) groups is 1. The number of nitrogens with zero attached hydrogens (tertiary/aromatic N) is 2. The van der Waals surface area contributed by atoms with Crippen LogP contribution in [0.1, 0.15) is 32.1 Å². The summed E-state index contributed by atoms with van der Waals surface area (Å²) in [5.74, 6) is 0.521. The lowest BCUT2D eigenvalue weighted by atomic mass is 10.1. The van der Waals surface area contributed by atoms with Gasteiger partial charge in [0.2, 0.25) is 6.10 Å². The molecule has 0 aliphatic carbocycles. The molecule has 152 valence electrons. The maximum Gasteiger partial charge on any atom is 0.320 e. The predicted molar refractivity (Wildman–Crippen MR) is 103 cm³/mol. The number of nitrogens with one attached hydrogen (secondary N) is 1. The smallest absolute Gasteiger partial charge is 0.320 e. The Morgan fingerprint density at radius 3 is 2.52 bits per heavy atom. The van der Waals surface area contributed by atoms with Crippen LogP contribution >= 0.6 is 0 Å². The molecule has 1 N–H and O–H groups in total. The van der Waals surface area contributed by atoms with Crippen LogP contribution in [-0.2, 0) is 4.79 Å². The van der Waals surface area contributed by atoms with Gasteiger partial charge in [0.15, 0.2) is 11.5 Å². The van der Waals surface area contributed by atoms with E-state index in [0.29, 0.717) is 22.5 Å². The third kappa shape index (κ3) is 3.62. The number of hydrogen-bond acceptors (Lipinski definition) is 4. The van der Waals surface area contributed by atoms with Crippen LogP contribution in [0.3, 0.4) is 0 Å². The molecule has 0 saturated heterocycles. The average Bonchev–Trinajstić information content (AvgIpc) is 3.11. The molecule has 2 aromatic carbocycles. The van der Waals surface area contributed by atoms with E-state index in [1.165, 1.54) is 0 Å². The standard InChI is InChI=1S/C21H21F2N3O3/c1-12(19-25-14-7-3-4-8-15(14)26(19)21(22)23)11-24-20(27)18-13(2)28-16-9-5-6-10-17(16)29-18/h3-10,12-13,18,21H,11H2,1-2H3,(H,24,27). The molecule has 0 radical (unpaired) electrons. The summed E-state index contributed by atoms with van der Waals surface area (Å²) in [6, 6.07) is 13.9. The van der Waals surface area contributed by atoms with E-state index in [9.17, 15) is 13.6 Å². The zero-order chi connectivity index (χ0) is 20.5. The number of carbonyl (C=O) groups excluding carboxylic acids is 1. The lowest BCUT2D eigenvalue weighted by molar-refractivity contribution is -0.133. The summed E-state index contributed by atoms with van der Waals surface area (Å²) in [5, 5.41) is 2.78. The number of fused-ring (bicyclic) bond motifs is 2. The number of ether oxygens (including phenoxy) is 2. The molecule has 4 rings (SSSR count). The van der Waals surface area contributed by atoms with Gasteiger partial charge in [-0.25, -0.2) is 4.98 Å². The van der Waals surface area contributed by atoms with Gasteiger partial charge >= 0.3 is 6.55 Å². The summed E-state index contributed by atoms with van der Waals surface area (Å²) < 4.78 is 39.7. The minimum atomic E-state index is -2.72. The summed E-state index contributed by atoms with van der Waals surface area (Å²) in [4.78, 5) is 17.0. The number of imidazole rings is 1. The number of hydrogen-bond donors (Lipinski definition) is 1. The molecule has 0 saturated carbocycles. The minimum absolute atomic E-state index is 0.142. The van der Waals surface area contributed by atoms with Crippen molar-refractivity contribution in [1.82, 2.24) is 14.9 Å². The lowest BCUT2D eigenvalue weighted by Gasteiger charge is -2.31. The molecule has 3 aromatic rings. The van der Waals surface area contributed by atoms with Gasteiger partial charge in [-0.05, 0) is 31.2 Å². The Kier molecular flexibility index (Phi) is 5.08. The molecule has 0 fully saturated rings. The molecule has 2 heterocycles. The quantitative estimate of drug-likeness (QED) is 0.705. The highest BCUT2D eigenvalue weighted by Gasteiger charge is 2.34. The van der Waals surface area contributed by atoms with Crippen LogP contribution in [0, 0.1) is 0 Å². The van der Waals surface area contributed by atoms with Gasteiger partial charge in [0.1, 0.15) is 11.9 Å². The molecule has 6 nitrogen and oxygen atoms in total. The maximum absolute atomic E-state index is 13.6. The van der Waals surface area contributed by atoms with Crippen LogP contribution in [0.2, 0.25) is 0 Å². The Labute approximate surface area is 166 Å². The molecule has 3 atom stereocenters. The number of benzene rings is 2. The van der Waals surface area contributed by atoms with Gasteiger partial charge in [-0.15, -0.1) is 0 Å². The van der Waals surface area contributed by atoms with Crippen molar-refractivity contribution in [2.45, 2.75) is 38.5 Å². The van der Waals surface area contributed by atoms with Crippen molar-refractivity contribution in [1.29, 1.82) is 0 Å². The molecule has 1 aliphatic heterocycles. The molecular formula is C21H21F2N3O3. The normalized spacial score (nSPS) is 19.3. The molecule has 1 aromatic heterocycles. The van der Waals surface area contributed by atoms with Gasteiger partial charge in [0.05, 0.1) is 11.0 Å². The molecule has 8 heteroatoms. The second-order valence-electron chi connectivity index (χ2n) is 7.06. The van der Waals surface area contributed by atoms with Gasteiger partial charge in [-0.2, -0.15) is 8.78 Å². The summed E-state index contributed by atoms with van der Waals surface area (Å²) in [5.41, 5.74) is 0.861. The molecule has 29 heavy (non-hydrogen) atoms. The van der Waals surface area contributed by atoms with Crippen molar-refractivity contribution < 1.29 is 23.0 Å². The van der Waals surface area contributed by atoms with Gasteiger partial charge < -0.3 is 14.8 Å². The first-order chi connectivity index (χ1) is 14.0. The molecule has 0 bridgehead atoms. The number of amides is 1. The molecule has 0 spiro atoms. The first-order valence-corrected chi connectivity index (χ1v) is 9.40. The fourth-order valence-electron chi connectivity index (χ4n) is 3.47. The first kappa shape index (κ1) is 19.2. The summed E-state index contributed by atoms with van der Waals surface area (Å²) in [6.45, 7) is 0.919. The van der Waals surface area contributed by atoms with Crippen molar-refractivity contribution in [2.24, 2.45) is 0 Å². The van der Waals surface area contributed by atoms with E-state index in [4.69, 9.17) is 9.47 Å². The van der Waals surface area contributed by atoms with Crippen molar-refractivity contribution in [3.63, 3.8) is 0 Å². The molecule has 3 unspecified atom stereocenters. The SMILES string of the molecule is CC(CNC(=O)C1Oc2ccccc2OC1C)c1nc2ccccc2n1C(F)F. The van der Waals surface area contributed by atoms with E-state index >= 15 is 0 Å². The van der Waals surface area contributed by atoms with Gasteiger partial charge in [0, 0.05) is 12.5 Å².